The summed E-state index contributed by atoms with van der Waals surface area (Å²) in [4.78, 5) is 12.7. The van der Waals surface area contributed by atoms with Gasteiger partial charge in [0, 0.05) is 11.8 Å². The van der Waals surface area contributed by atoms with Crippen molar-refractivity contribution in [1.29, 1.82) is 0 Å². The van der Waals surface area contributed by atoms with Gasteiger partial charge in [-0.2, -0.15) is 0 Å². The molecule has 0 bridgehead atoms. The Labute approximate surface area is 241 Å². The van der Waals surface area contributed by atoms with E-state index in [2.05, 4.69) is 27.7 Å². The second-order valence-corrected chi connectivity index (χ2v) is 12.6. The lowest BCUT2D eigenvalue weighted by molar-refractivity contribution is -0.148. The molecule has 2 nitrogen and oxygen atoms in total. The summed E-state index contributed by atoms with van der Waals surface area (Å²) in [5.74, 6) is 0.0665. The third kappa shape index (κ3) is 24.5. The minimum atomic E-state index is 0.0665. The standard InChI is InChI=1S/C36H72O2/c1-5-9-13-17-20-21-22-23-26-30-35(37)38-34-36(31-27-16-12-8-4,32-28-24-18-14-10-6-2)33-29-25-19-15-11-7-3/h5-34H2,1-4H3. The highest BCUT2D eigenvalue weighted by Gasteiger charge is 2.30. The Kier molecular flexibility index (Phi) is 29.0. The lowest BCUT2D eigenvalue weighted by atomic mass is 9.74. The molecule has 228 valence electrons. The van der Waals surface area contributed by atoms with Crippen LogP contribution in [0.3, 0.4) is 0 Å². The number of carbonyl (C=O) groups is 1. The summed E-state index contributed by atoms with van der Waals surface area (Å²) in [7, 11) is 0. The van der Waals surface area contributed by atoms with Gasteiger partial charge < -0.3 is 4.74 Å². The molecular formula is C36H72O2. The zero-order chi connectivity index (χ0) is 28.0. The maximum Gasteiger partial charge on any atom is 0.305 e. The molecule has 0 aromatic rings. The maximum atomic E-state index is 12.7. The van der Waals surface area contributed by atoms with Crippen LogP contribution in [0.25, 0.3) is 0 Å². The Hall–Kier alpha value is -0.530. The minimum absolute atomic E-state index is 0.0665. The summed E-state index contributed by atoms with van der Waals surface area (Å²) >= 11 is 0. The molecule has 0 unspecified atom stereocenters. The Morgan fingerprint density at radius 3 is 1.08 bits per heavy atom. The molecule has 0 radical (unpaired) electrons. The van der Waals surface area contributed by atoms with E-state index in [4.69, 9.17) is 4.74 Å². The molecule has 2 heteroatoms. The van der Waals surface area contributed by atoms with Crippen LogP contribution in [0.15, 0.2) is 0 Å². The van der Waals surface area contributed by atoms with Gasteiger partial charge in [-0.15, -0.1) is 0 Å². The van der Waals surface area contributed by atoms with Crippen LogP contribution in [-0.2, 0) is 9.53 Å². The molecule has 0 fully saturated rings. The second kappa shape index (κ2) is 29.5. The number of rotatable bonds is 31. The van der Waals surface area contributed by atoms with Crippen molar-refractivity contribution in [2.45, 2.75) is 214 Å². The Balaban J connectivity index is 4.71. The molecule has 0 aliphatic carbocycles. The van der Waals surface area contributed by atoms with E-state index < -0.39 is 0 Å². The lowest BCUT2D eigenvalue weighted by Gasteiger charge is -2.34. The third-order valence-corrected chi connectivity index (χ3v) is 8.71. The van der Waals surface area contributed by atoms with Crippen molar-refractivity contribution in [3.8, 4) is 0 Å². The number of ether oxygens (including phenoxy) is 1. The van der Waals surface area contributed by atoms with Crippen LogP contribution in [0.4, 0.5) is 0 Å². The molecule has 0 saturated carbocycles. The number of hydrogen-bond acceptors (Lipinski definition) is 2. The van der Waals surface area contributed by atoms with Crippen molar-refractivity contribution < 1.29 is 9.53 Å². The van der Waals surface area contributed by atoms with Crippen molar-refractivity contribution in [2.75, 3.05) is 6.61 Å². The molecule has 0 heterocycles. The normalized spacial score (nSPS) is 11.8. The predicted octanol–water partition coefficient (Wildman–Crippen LogP) is 12.9. The number of hydrogen-bond donors (Lipinski definition) is 0. The lowest BCUT2D eigenvalue weighted by Crippen LogP contribution is -2.29. The molecule has 0 N–H and O–H groups in total. The Morgan fingerprint density at radius 1 is 0.421 bits per heavy atom. The summed E-state index contributed by atoms with van der Waals surface area (Å²) in [6, 6.07) is 0. The highest BCUT2D eigenvalue weighted by Crippen LogP contribution is 2.38. The largest absolute Gasteiger partial charge is 0.465 e. The Morgan fingerprint density at radius 2 is 0.711 bits per heavy atom. The van der Waals surface area contributed by atoms with Crippen LogP contribution >= 0.6 is 0 Å². The van der Waals surface area contributed by atoms with Gasteiger partial charge in [-0.05, 0) is 25.7 Å². The second-order valence-electron chi connectivity index (χ2n) is 12.6. The van der Waals surface area contributed by atoms with Crippen LogP contribution in [0, 0.1) is 5.41 Å². The smallest absolute Gasteiger partial charge is 0.305 e. The molecule has 0 aliphatic rings. The van der Waals surface area contributed by atoms with Gasteiger partial charge in [-0.25, -0.2) is 0 Å². The van der Waals surface area contributed by atoms with Crippen LogP contribution < -0.4 is 0 Å². The van der Waals surface area contributed by atoms with Gasteiger partial charge in [-0.1, -0.05) is 182 Å². The minimum Gasteiger partial charge on any atom is -0.465 e. The van der Waals surface area contributed by atoms with Gasteiger partial charge in [0.1, 0.15) is 0 Å². The fraction of sp³-hybridized carbons (Fsp3) is 0.972. The first-order valence-corrected chi connectivity index (χ1v) is 17.8. The van der Waals surface area contributed by atoms with Crippen molar-refractivity contribution in [1.82, 2.24) is 0 Å². The van der Waals surface area contributed by atoms with Crippen LogP contribution in [0.1, 0.15) is 214 Å². The van der Waals surface area contributed by atoms with E-state index in [0.29, 0.717) is 13.0 Å². The van der Waals surface area contributed by atoms with E-state index in [0.717, 1.165) is 6.42 Å². The number of esters is 1. The molecule has 0 atom stereocenters. The molecule has 0 saturated heterocycles. The SMILES string of the molecule is CCCCCCCCCCCC(=O)OCC(CCCCCC)(CCCCCCCC)CCCCCCCC. The zero-order valence-electron chi connectivity index (χ0n) is 27.0. The quantitative estimate of drug-likeness (QED) is 0.0650. The van der Waals surface area contributed by atoms with Gasteiger partial charge in [0.05, 0.1) is 6.61 Å². The van der Waals surface area contributed by atoms with Gasteiger partial charge in [-0.3, -0.25) is 4.79 Å². The Bertz CT molecular complexity index is 456. The van der Waals surface area contributed by atoms with Crippen molar-refractivity contribution in [2.24, 2.45) is 5.41 Å². The summed E-state index contributed by atoms with van der Waals surface area (Å²) < 4.78 is 6.09. The average molecular weight is 537 g/mol. The highest BCUT2D eigenvalue weighted by molar-refractivity contribution is 5.69. The fourth-order valence-electron chi connectivity index (χ4n) is 5.96. The fourth-order valence-corrected chi connectivity index (χ4v) is 5.96. The van der Waals surface area contributed by atoms with Crippen LogP contribution in [-0.4, -0.2) is 12.6 Å². The van der Waals surface area contributed by atoms with Crippen LogP contribution in [0.5, 0.6) is 0 Å². The topological polar surface area (TPSA) is 26.3 Å². The predicted molar refractivity (Wildman–Crippen MR) is 170 cm³/mol. The first kappa shape index (κ1) is 37.5. The van der Waals surface area contributed by atoms with Gasteiger partial charge in [0.15, 0.2) is 0 Å². The first-order valence-electron chi connectivity index (χ1n) is 17.8. The zero-order valence-corrected chi connectivity index (χ0v) is 27.0. The highest BCUT2D eigenvalue weighted by atomic mass is 16.5. The molecule has 0 spiro atoms. The first-order chi connectivity index (χ1) is 18.6. The molecule has 0 amide bonds. The van der Waals surface area contributed by atoms with E-state index in [9.17, 15) is 4.79 Å². The number of unbranched alkanes of at least 4 members (excludes halogenated alkanes) is 21. The molecule has 38 heavy (non-hydrogen) atoms. The van der Waals surface area contributed by atoms with Crippen molar-refractivity contribution >= 4 is 5.97 Å². The molecule has 0 aromatic carbocycles. The van der Waals surface area contributed by atoms with Gasteiger partial charge in [0.2, 0.25) is 0 Å². The number of carbonyl (C=O) groups excluding carboxylic acids is 1. The van der Waals surface area contributed by atoms with E-state index in [1.54, 1.807) is 0 Å². The molecular weight excluding hydrogens is 464 g/mol. The van der Waals surface area contributed by atoms with Crippen molar-refractivity contribution in [3.63, 3.8) is 0 Å². The summed E-state index contributed by atoms with van der Waals surface area (Å²) in [5, 5.41) is 0. The average Bonchev–Trinajstić information content (AvgIpc) is 2.92. The van der Waals surface area contributed by atoms with Crippen molar-refractivity contribution in [3.05, 3.63) is 0 Å². The molecule has 0 aliphatic heterocycles. The summed E-state index contributed by atoms with van der Waals surface area (Å²) in [6.07, 6.45) is 37.4. The van der Waals surface area contributed by atoms with Crippen LogP contribution in [0.2, 0.25) is 0 Å². The molecule has 0 rings (SSSR count). The third-order valence-electron chi connectivity index (χ3n) is 8.71. The van der Waals surface area contributed by atoms with E-state index >= 15 is 0 Å². The molecule has 0 aromatic heterocycles. The van der Waals surface area contributed by atoms with Gasteiger partial charge in [0.25, 0.3) is 0 Å². The summed E-state index contributed by atoms with van der Waals surface area (Å²) in [5.41, 5.74) is 0.220. The summed E-state index contributed by atoms with van der Waals surface area (Å²) in [6.45, 7) is 9.85. The van der Waals surface area contributed by atoms with E-state index in [-0.39, 0.29) is 11.4 Å². The van der Waals surface area contributed by atoms with E-state index in [1.165, 1.54) is 173 Å². The maximum absolute atomic E-state index is 12.7. The van der Waals surface area contributed by atoms with E-state index in [1.807, 2.05) is 0 Å². The van der Waals surface area contributed by atoms with Gasteiger partial charge >= 0.3 is 5.97 Å². The monoisotopic (exact) mass is 537 g/mol.